The lowest BCUT2D eigenvalue weighted by molar-refractivity contribution is 0.386. The number of hydrogen-bond acceptors (Lipinski definition) is 5. The molecule has 0 radical (unpaired) electrons. The van der Waals surface area contributed by atoms with Crippen LogP contribution in [0.3, 0.4) is 0 Å². The second kappa shape index (κ2) is 8.45. The van der Waals surface area contributed by atoms with Crippen molar-refractivity contribution in [2.24, 2.45) is 18.0 Å². The quantitative estimate of drug-likeness (QED) is 0.435. The summed E-state index contributed by atoms with van der Waals surface area (Å²) in [6, 6.07) is 0. The largest absolute Gasteiger partial charge is 0.349 e. The van der Waals surface area contributed by atoms with Crippen LogP contribution in [-0.2, 0) is 20.0 Å². The second-order valence-corrected chi connectivity index (χ2v) is 5.96. The fourth-order valence-corrected chi connectivity index (χ4v) is 3.01. The van der Waals surface area contributed by atoms with E-state index in [1.54, 1.807) is 14.0 Å². The second-order valence-electron chi connectivity index (χ2n) is 5.96. The molecule has 2 aromatic heterocycles. The zero-order chi connectivity index (χ0) is 16.2. The first-order valence-corrected chi connectivity index (χ1v) is 7.86. The maximum atomic E-state index is 4.98. The van der Waals surface area contributed by atoms with Crippen LogP contribution in [0, 0.1) is 12.8 Å². The number of aliphatic imine (C=N–C) groups is 1. The molecule has 1 unspecified atom stereocenters. The van der Waals surface area contributed by atoms with Crippen LogP contribution in [0.25, 0.3) is 0 Å². The number of nitrogens with zero attached hydrogens (tertiary/aromatic N) is 6. The molecule has 3 heterocycles. The number of rotatable bonds is 4. The van der Waals surface area contributed by atoms with E-state index in [-0.39, 0.29) is 24.0 Å². The maximum Gasteiger partial charge on any atom is 0.223 e. The molecule has 1 aliphatic rings. The molecule has 24 heavy (non-hydrogen) atoms. The number of likely N-dealkylation sites (tertiary alicyclic amines) is 1. The van der Waals surface area contributed by atoms with Gasteiger partial charge in [0.15, 0.2) is 11.8 Å². The topological polar surface area (TPSA) is 84.4 Å². The van der Waals surface area contributed by atoms with Crippen LogP contribution in [0.15, 0.2) is 21.9 Å². The van der Waals surface area contributed by atoms with Crippen LogP contribution < -0.4 is 5.32 Å². The monoisotopic (exact) mass is 445 g/mol. The molecule has 1 aliphatic heterocycles. The summed E-state index contributed by atoms with van der Waals surface area (Å²) in [6.45, 7) is 4.32. The first-order chi connectivity index (χ1) is 11.1. The van der Waals surface area contributed by atoms with E-state index in [9.17, 15) is 0 Å². The number of nitrogens with one attached hydrogen (secondary N) is 1. The zero-order valence-corrected chi connectivity index (χ0v) is 16.6. The summed E-state index contributed by atoms with van der Waals surface area (Å²) in [6.07, 6.45) is 6.27. The van der Waals surface area contributed by atoms with Crippen molar-refractivity contribution in [2.75, 3.05) is 20.1 Å². The number of hydrogen-bond donors (Lipinski definition) is 1. The molecule has 0 aliphatic carbocycles. The summed E-state index contributed by atoms with van der Waals surface area (Å²) in [7, 11) is 3.76. The number of aromatic nitrogens is 4. The lowest BCUT2D eigenvalue weighted by atomic mass is 10.0. The third-order valence-corrected chi connectivity index (χ3v) is 4.05. The summed E-state index contributed by atoms with van der Waals surface area (Å²) < 4.78 is 6.84. The molecule has 0 spiro atoms. The van der Waals surface area contributed by atoms with Crippen LogP contribution in [0.1, 0.15) is 23.7 Å². The van der Waals surface area contributed by atoms with Crippen molar-refractivity contribution in [1.29, 1.82) is 0 Å². The zero-order valence-electron chi connectivity index (χ0n) is 14.3. The smallest absolute Gasteiger partial charge is 0.223 e. The molecule has 9 heteroatoms. The van der Waals surface area contributed by atoms with Gasteiger partial charge in [-0.2, -0.15) is 10.1 Å². The number of halogens is 1. The highest BCUT2D eigenvalue weighted by molar-refractivity contribution is 14.0. The standard InChI is InChI=1S/C15H23N7O.HI/c1-11-19-14(20-23-11)8-17-15(16-2)22-5-4-12(10-22)6-13-7-18-21(3)9-13;/h7,9,12H,4-6,8,10H2,1-3H3,(H,16,17);1H. The average molecular weight is 445 g/mol. The minimum atomic E-state index is 0. The Morgan fingerprint density at radius 2 is 2.33 bits per heavy atom. The van der Waals surface area contributed by atoms with Crippen molar-refractivity contribution in [3.05, 3.63) is 29.7 Å². The highest BCUT2D eigenvalue weighted by Crippen LogP contribution is 2.20. The molecule has 1 saturated heterocycles. The highest BCUT2D eigenvalue weighted by Gasteiger charge is 2.25. The van der Waals surface area contributed by atoms with Crippen molar-refractivity contribution >= 4 is 29.9 Å². The van der Waals surface area contributed by atoms with E-state index in [0.29, 0.717) is 24.2 Å². The van der Waals surface area contributed by atoms with E-state index < -0.39 is 0 Å². The molecular weight excluding hydrogens is 421 g/mol. The maximum absolute atomic E-state index is 4.98. The Bertz CT molecular complexity index is 681. The Hall–Kier alpha value is -1.65. The van der Waals surface area contributed by atoms with Gasteiger partial charge in [0.2, 0.25) is 5.89 Å². The van der Waals surface area contributed by atoms with Crippen LogP contribution in [-0.4, -0.2) is 50.9 Å². The van der Waals surface area contributed by atoms with Crippen molar-refractivity contribution in [2.45, 2.75) is 26.3 Å². The van der Waals surface area contributed by atoms with Crippen molar-refractivity contribution in [1.82, 2.24) is 30.1 Å². The predicted octanol–water partition coefficient (Wildman–Crippen LogP) is 1.37. The number of aryl methyl sites for hydroxylation is 2. The van der Waals surface area contributed by atoms with E-state index >= 15 is 0 Å². The Labute approximate surface area is 158 Å². The lowest BCUT2D eigenvalue weighted by Crippen LogP contribution is -2.39. The van der Waals surface area contributed by atoms with Gasteiger partial charge in [0.05, 0.1) is 12.7 Å². The molecule has 8 nitrogen and oxygen atoms in total. The van der Waals surface area contributed by atoms with Gasteiger partial charge in [-0.05, 0) is 24.3 Å². The van der Waals surface area contributed by atoms with Crippen molar-refractivity contribution in [3.63, 3.8) is 0 Å². The van der Waals surface area contributed by atoms with E-state index in [1.807, 2.05) is 17.9 Å². The SMILES string of the molecule is CN=C(NCc1noc(C)n1)N1CCC(Cc2cnn(C)c2)C1.I. The summed E-state index contributed by atoms with van der Waals surface area (Å²) in [5, 5.41) is 11.4. The Morgan fingerprint density at radius 1 is 1.50 bits per heavy atom. The molecule has 1 fully saturated rings. The summed E-state index contributed by atoms with van der Waals surface area (Å²) in [5.74, 6) is 2.75. The lowest BCUT2D eigenvalue weighted by Gasteiger charge is -2.21. The van der Waals surface area contributed by atoms with Gasteiger partial charge in [-0.3, -0.25) is 9.67 Å². The van der Waals surface area contributed by atoms with Gasteiger partial charge < -0.3 is 14.7 Å². The Morgan fingerprint density at radius 3 is 2.96 bits per heavy atom. The number of guanidine groups is 1. The van der Waals surface area contributed by atoms with Gasteiger partial charge in [-0.25, -0.2) is 0 Å². The first kappa shape index (κ1) is 18.7. The van der Waals surface area contributed by atoms with E-state index in [4.69, 9.17) is 4.52 Å². The molecule has 0 bridgehead atoms. The third-order valence-electron chi connectivity index (χ3n) is 4.05. The molecule has 1 N–H and O–H groups in total. The normalized spacial score (nSPS) is 17.9. The van der Waals surface area contributed by atoms with Crippen LogP contribution in [0.2, 0.25) is 0 Å². The van der Waals surface area contributed by atoms with Gasteiger partial charge in [-0.15, -0.1) is 24.0 Å². The molecule has 2 aromatic rings. The van der Waals surface area contributed by atoms with Gasteiger partial charge >= 0.3 is 0 Å². The van der Waals surface area contributed by atoms with Gasteiger partial charge in [0.25, 0.3) is 0 Å². The molecule has 0 aromatic carbocycles. The summed E-state index contributed by atoms with van der Waals surface area (Å²) in [5.41, 5.74) is 1.30. The summed E-state index contributed by atoms with van der Waals surface area (Å²) >= 11 is 0. The van der Waals surface area contributed by atoms with E-state index in [0.717, 1.165) is 31.9 Å². The molecule has 0 amide bonds. The minimum absolute atomic E-state index is 0. The van der Waals surface area contributed by atoms with Crippen LogP contribution in [0.5, 0.6) is 0 Å². The third kappa shape index (κ3) is 4.68. The molecule has 0 saturated carbocycles. The minimum Gasteiger partial charge on any atom is -0.349 e. The Kier molecular flexibility index (Phi) is 6.58. The fraction of sp³-hybridized carbons (Fsp3) is 0.600. The molecule has 132 valence electrons. The van der Waals surface area contributed by atoms with Gasteiger partial charge in [-0.1, -0.05) is 5.16 Å². The van der Waals surface area contributed by atoms with Crippen LogP contribution >= 0.6 is 24.0 Å². The van der Waals surface area contributed by atoms with Gasteiger partial charge in [0, 0.05) is 40.3 Å². The molecule has 1 atom stereocenters. The van der Waals surface area contributed by atoms with Crippen molar-refractivity contribution < 1.29 is 4.52 Å². The highest BCUT2D eigenvalue weighted by atomic mass is 127. The van der Waals surface area contributed by atoms with E-state index in [1.165, 1.54) is 5.56 Å². The molecule has 3 rings (SSSR count). The summed E-state index contributed by atoms with van der Waals surface area (Å²) in [4.78, 5) is 10.8. The fourth-order valence-electron chi connectivity index (χ4n) is 3.01. The Balaban J connectivity index is 0.00000208. The molecular formula is C15H24IN7O. The van der Waals surface area contributed by atoms with Crippen LogP contribution in [0.4, 0.5) is 0 Å². The van der Waals surface area contributed by atoms with E-state index in [2.05, 4.69) is 36.6 Å². The predicted molar refractivity (Wildman–Crippen MR) is 101 cm³/mol. The van der Waals surface area contributed by atoms with Gasteiger partial charge in [0.1, 0.15) is 0 Å². The average Bonchev–Trinajstić information content (AvgIpc) is 3.24. The van der Waals surface area contributed by atoms with Crippen molar-refractivity contribution in [3.8, 4) is 0 Å². The first-order valence-electron chi connectivity index (χ1n) is 7.86.